The Kier molecular flexibility index (Phi) is 8.00. The van der Waals surface area contributed by atoms with Crippen LogP contribution in [0.15, 0.2) is 83.3 Å². The summed E-state index contributed by atoms with van der Waals surface area (Å²) >= 11 is 3.58. The molecule has 3 unspecified atom stereocenters. The summed E-state index contributed by atoms with van der Waals surface area (Å²) in [7, 11) is 0. The Morgan fingerprint density at radius 3 is 2.03 bits per heavy atom. The predicted octanol–water partition coefficient (Wildman–Crippen LogP) is 7.17. The van der Waals surface area contributed by atoms with E-state index in [1.165, 1.54) is 40.4 Å². The summed E-state index contributed by atoms with van der Waals surface area (Å²) in [6.45, 7) is 3.14. The SMILES string of the molecule is Brc1ccccc1C1CCNC1.O=CN1CCC(c2ccccc2C2CC2)CC1c1ccccc1. The normalized spacial score (nSPS) is 23.9. The van der Waals surface area contributed by atoms with E-state index in [9.17, 15) is 4.79 Å². The second kappa shape index (κ2) is 11.5. The van der Waals surface area contributed by atoms with Gasteiger partial charge in [0.25, 0.3) is 0 Å². The van der Waals surface area contributed by atoms with Gasteiger partial charge in [-0.1, -0.05) is 88.7 Å². The highest BCUT2D eigenvalue weighted by Gasteiger charge is 2.33. The molecule has 3 fully saturated rings. The third-order valence-electron chi connectivity index (χ3n) is 7.82. The Hall–Kier alpha value is -2.43. The zero-order chi connectivity index (χ0) is 24.0. The van der Waals surface area contributed by atoms with Crippen molar-refractivity contribution >= 4 is 22.3 Å². The molecule has 182 valence electrons. The van der Waals surface area contributed by atoms with Crippen LogP contribution in [0.5, 0.6) is 0 Å². The van der Waals surface area contributed by atoms with Crippen LogP contribution >= 0.6 is 15.9 Å². The second-order valence-electron chi connectivity index (χ2n) is 10.1. The second-order valence-corrected chi connectivity index (χ2v) is 11.0. The van der Waals surface area contributed by atoms with E-state index in [1.54, 1.807) is 5.56 Å². The number of hydrogen-bond acceptors (Lipinski definition) is 2. The van der Waals surface area contributed by atoms with Gasteiger partial charge < -0.3 is 10.2 Å². The first-order valence-electron chi connectivity index (χ1n) is 13.0. The molecule has 1 amide bonds. The van der Waals surface area contributed by atoms with Gasteiger partial charge in [-0.25, -0.2) is 0 Å². The minimum atomic E-state index is 0.208. The largest absolute Gasteiger partial charge is 0.338 e. The Bertz CT molecular complexity index is 1110. The number of likely N-dealkylation sites (tertiary alicyclic amines) is 1. The van der Waals surface area contributed by atoms with Crippen molar-refractivity contribution in [3.05, 3.63) is 106 Å². The topological polar surface area (TPSA) is 32.3 Å². The maximum absolute atomic E-state index is 11.5. The third-order valence-corrected chi connectivity index (χ3v) is 8.54. The standard InChI is InChI=1S/C21H23NO.C10H12BrN/c23-15-22-13-12-18(14-21(22)17-6-2-1-3-7-17)20-9-5-4-8-19(20)16-10-11-16;11-10-4-2-1-3-9(10)8-5-6-12-7-8/h1-9,15-16,18,21H,10-14H2;1-4,8,12H,5-7H2. The molecule has 2 aliphatic heterocycles. The summed E-state index contributed by atoms with van der Waals surface area (Å²) in [5, 5.41) is 3.38. The highest BCUT2D eigenvalue weighted by Crippen LogP contribution is 2.46. The van der Waals surface area contributed by atoms with E-state index < -0.39 is 0 Å². The van der Waals surface area contributed by atoms with Crippen LogP contribution in [0.3, 0.4) is 0 Å². The minimum absolute atomic E-state index is 0.208. The number of piperidine rings is 1. The summed E-state index contributed by atoms with van der Waals surface area (Å²) < 4.78 is 1.25. The van der Waals surface area contributed by atoms with Crippen molar-refractivity contribution in [3.63, 3.8) is 0 Å². The first-order valence-corrected chi connectivity index (χ1v) is 13.8. The number of benzene rings is 3. The third kappa shape index (κ3) is 5.87. The number of nitrogens with zero attached hydrogens (tertiary/aromatic N) is 1. The van der Waals surface area contributed by atoms with Gasteiger partial charge in [-0.05, 0) is 84.7 Å². The van der Waals surface area contributed by atoms with Crippen LogP contribution in [0.25, 0.3) is 0 Å². The molecule has 3 aliphatic rings. The van der Waals surface area contributed by atoms with E-state index in [4.69, 9.17) is 0 Å². The van der Waals surface area contributed by atoms with Crippen molar-refractivity contribution in [2.45, 2.75) is 55.9 Å². The fourth-order valence-electron chi connectivity index (χ4n) is 5.77. The Balaban J connectivity index is 0.000000178. The maximum atomic E-state index is 11.5. The van der Waals surface area contributed by atoms with E-state index in [2.05, 4.69) is 94.0 Å². The molecule has 3 nitrogen and oxygen atoms in total. The number of carbonyl (C=O) groups is 1. The van der Waals surface area contributed by atoms with Crippen LogP contribution < -0.4 is 5.32 Å². The zero-order valence-electron chi connectivity index (χ0n) is 20.3. The van der Waals surface area contributed by atoms with Gasteiger partial charge in [0.15, 0.2) is 0 Å². The van der Waals surface area contributed by atoms with Crippen molar-refractivity contribution in [1.82, 2.24) is 10.2 Å². The van der Waals surface area contributed by atoms with Crippen LogP contribution in [-0.2, 0) is 4.79 Å². The number of nitrogens with one attached hydrogen (secondary N) is 1. The number of carbonyl (C=O) groups excluding carboxylic acids is 1. The Morgan fingerprint density at radius 1 is 0.743 bits per heavy atom. The lowest BCUT2D eigenvalue weighted by Gasteiger charge is -2.38. The van der Waals surface area contributed by atoms with Crippen LogP contribution in [0, 0.1) is 0 Å². The molecule has 2 saturated heterocycles. The minimum Gasteiger partial charge on any atom is -0.338 e. The summed E-state index contributed by atoms with van der Waals surface area (Å²) in [6.07, 6.45) is 7.08. The molecule has 35 heavy (non-hydrogen) atoms. The highest BCUT2D eigenvalue weighted by molar-refractivity contribution is 9.10. The molecule has 2 heterocycles. The van der Waals surface area contributed by atoms with Crippen LogP contribution in [0.1, 0.15) is 78.2 Å². The van der Waals surface area contributed by atoms with Crippen molar-refractivity contribution in [1.29, 1.82) is 0 Å². The molecule has 3 aromatic carbocycles. The van der Waals surface area contributed by atoms with Crippen molar-refractivity contribution in [3.8, 4) is 0 Å². The van der Waals surface area contributed by atoms with E-state index in [-0.39, 0.29) is 6.04 Å². The predicted molar refractivity (Wildman–Crippen MR) is 147 cm³/mol. The molecule has 1 N–H and O–H groups in total. The fraction of sp³-hybridized carbons (Fsp3) is 0.387. The smallest absolute Gasteiger partial charge is 0.210 e. The lowest BCUT2D eigenvalue weighted by atomic mass is 9.80. The molecule has 0 bridgehead atoms. The number of amides is 1. The first-order chi connectivity index (χ1) is 17.2. The average molecular weight is 532 g/mol. The monoisotopic (exact) mass is 530 g/mol. The molecular weight excluding hydrogens is 496 g/mol. The van der Waals surface area contributed by atoms with Gasteiger partial charge >= 0.3 is 0 Å². The van der Waals surface area contributed by atoms with Crippen LogP contribution in [-0.4, -0.2) is 30.9 Å². The Morgan fingerprint density at radius 2 is 1.40 bits per heavy atom. The average Bonchev–Trinajstić information content (AvgIpc) is 3.63. The number of rotatable bonds is 5. The Labute approximate surface area is 218 Å². The van der Waals surface area contributed by atoms with Crippen molar-refractivity contribution in [2.75, 3.05) is 19.6 Å². The zero-order valence-corrected chi connectivity index (χ0v) is 21.9. The van der Waals surface area contributed by atoms with Crippen LogP contribution in [0.4, 0.5) is 0 Å². The van der Waals surface area contributed by atoms with Crippen molar-refractivity contribution in [2.24, 2.45) is 0 Å². The molecule has 4 heteroatoms. The maximum Gasteiger partial charge on any atom is 0.210 e. The lowest BCUT2D eigenvalue weighted by Crippen LogP contribution is -2.35. The molecule has 1 aliphatic carbocycles. The molecule has 3 atom stereocenters. The van der Waals surface area contributed by atoms with E-state index in [1.807, 2.05) is 11.0 Å². The van der Waals surface area contributed by atoms with Gasteiger partial charge in [0.1, 0.15) is 0 Å². The number of hydrogen-bond donors (Lipinski definition) is 1. The van der Waals surface area contributed by atoms with Gasteiger partial charge in [0.2, 0.25) is 6.41 Å². The molecular formula is C31H35BrN2O. The molecule has 0 aromatic heterocycles. The van der Waals surface area contributed by atoms with E-state index >= 15 is 0 Å². The molecule has 3 aromatic rings. The molecule has 0 radical (unpaired) electrons. The number of halogens is 1. The first kappa shape index (κ1) is 24.3. The van der Waals surface area contributed by atoms with Gasteiger partial charge in [-0.3, -0.25) is 4.79 Å². The molecule has 6 rings (SSSR count). The summed E-state index contributed by atoms with van der Waals surface area (Å²) in [5.41, 5.74) is 5.79. The molecule has 1 saturated carbocycles. The molecule has 0 spiro atoms. The summed E-state index contributed by atoms with van der Waals surface area (Å²) in [4.78, 5) is 13.5. The summed E-state index contributed by atoms with van der Waals surface area (Å²) in [6, 6.07) is 28.2. The fourth-order valence-corrected chi connectivity index (χ4v) is 6.38. The van der Waals surface area contributed by atoms with Crippen molar-refractivity contribution < 1.29 is 4.79 Å². The summed E-state index contributed by atoms with van der Waals surface area (Å²) in [5.74, 6) is 2.05. The van der Waals surface area contributed by atoms with Gasteiger partial charge in [0.05, 0.1) is 6.04 Å². The van der Waals surface area contributed by atoms with Gasteiger partial charge in [-0.2, -0.15) is 0 Å². The van der Waals surface area contributed by atoms with E-state index in [0.717, 1.165) is 44.8 Å². The van der Waals surface area contributed by atoms with Crippen LogP contribution in [0.2, 0.25) is 0 Å². The quantitative estimate of drug-likeness (QED) is 0.354. The van der Waals surface area contributed by atoms with Gasteiger partial charge in [-0.15, -0.1) is 0 Å². The highest BCUT2D eigenvalue weighted by atomic mass is 79.9. The lowest BCUT2D eigenvalue weighted by molar-refractivity contribution is -0.121. The van der Waals surface area contributed by atoms with Gasteiger partial charge in [0, 0.05) is 17.6 Å². The van der Waals surface area contributed by atoms with E-state index in [0.29, 0.717) is 11.8 Å².